The van der Waals surface area contributed by atoms with Crippen LogP contribution in [-0.4, -0.2) is 53.8 Å². The molecule has 4 amide bonds. The Morgan fingerprint density at radius 2 is 1.70 bits per heavy atom. The van der Waals surface area contributed by atoms with Crippen molar-refractivity contribution < 1.29 is 14.4 Å². The number of barbiturate groups is 1. The summed E-state index contributed by atoms with van der Waals surface area (Å²) in [4.78, 5) is 40.5. The lowest BCUT2D eigenvalue weighted by Gasteiger charge is -2.42. The van der Waals surface area contributed by atoms with Crippen LogP contribution in [0.15, 0.2) is 0 Å². The zero-order chi connectivity index (χ0) is 14.3. The molecule has 0 unspecified atom stereocenters. The molecular weight excluding hydrogens is 258 g/mol. The Morgan fingerprint density at radius 3 is 2.30 bits per heavy atom. The first kappa shape index (κ1) is 13.5. The molecule has 2 heterocycles. The largest absolute Gasteiger partial charge is 0.331 e. The average molecular weight is 279 g/mol. The number of imide groups is 2. The molecule has 3 aliphatic rings. The van der Waals surface area contributed by atoms with Crippen molar-refractivity contribution in [3.8, 4) is 0 Å². The van der Waals surface area contributed by atoms with Crippen LogP contribution in [0.3, 0.4) is 0 Å². The summed E-state index contributed by atoms with van der Waals surface area (Å²) in [5.41, 5.74) is -0.961. The van der Waals surface area contributed by atoms with Crippen LogP contribution in [0.2, 0.25) is 0 Å². The Morgan fingerprint density at radius 1 is 1.10 bits per heavy atom. The molecule has 0 aromatic heterocycles. The quantitative estimate of drug-likeness (QED) is 0.718. The van der Waals surface area contributed by atoms with E-state index in [1.54, 1.807) is 0 Å². The van der Waals surface area contributed by atoms with Gasteiger partial charge in [-0.3, -0.25) is 19.8 Å². The average Bonchev–Trinajstić information content (AvgIpc) is 2.90. The molecule has 0 bridgehead atoms. The third kappa shape index (κ3) is 1.93. The van der Waals surface area contributed by atoms with Crippen molar-refractivity contribution in [2.24, 2.45) is 5.41 Å². The maximum Gasteiger partial charge on any atom is 0.331 e. The van der Waals surface area contributed by atoms with Gasteiger partial charge >= 0.3 is 6.03 Å². The second kappa shape index (κ2) is 4.84. The normalized spacial score (nSPS) is 28.2. The number of carbonyl (C=O) groups is 3. The molecule has 1 spiro atoms. The van der Waals surface area contributed by atoms with E-state index in [9.17, 15) is 14.4 Å². The van der Waals surface area contributed by atoms with E-state index in [2.05, 4.69) is 10.2 Å². The predicted octanol–water partition coefficient (Wildman–Crippen LogP) is 0.719. The molecule has 6 nitrogen and oxygen atoms in total. The minimum Gasteiger partial charge on any atom is -0.306 e. The molecule has 6 heteroatoms. The van der Waals surface area contributed by atoms with Crippen molar-refractivity contribution in [2.45, 2.75) is 44.6 Å². The topological polar surface area (TPSA) is 69.7 Å². The highest BCUT2D eigenvalue weighted by molar-refractivity contribution is 6.19. The minimum absolute atomic E-state index is 0.0655. The number of nitrogens with zero attached hydrogens (tertiary/aromatic N) is 2. The van der Waals surface area contributed by atoms with Gasteiger partial charge in [0, 0.05) is 6.04 Å². The number of hydrogen-bond donors (Lipinski definition) is 1. The second-order valence-corrected chi connectivity index (χ2v) is 6.26. The summed E-state index contributed by atoms with van der Waals surface area (Å²) in [6.45, 7) is 1.76. The molecule has 2 aliphatic heterocycles. The van der Waals surface area contributed by atoms with Gasteiger partial charge < -0.3 is 4.90 Å². The van der Waals surface area contributed by atoms with Gasteiger partial charge in [0.2, 0.25) is 11.8 Å². The van der Waals surface area contributed by atoms with Gasteiger partial charge in [0.1, 0.15) is 5.41 Å². The first-order valence-electron chi connectivity index (χ1n) is 7.42. The lowest BCUT2D eigenvalue weighted by molar-refractivity contribution is -0.153. The molecule has 0 aromatic rings. The highest BCUT2D eigenvalue weighted by atomic mass is 16.2. The molecule has 0 radical (unpaired) electrons. The van der Waals surface area contributed by atoms with Crippen molar-refractivity contribution in [3.05, 3.63) is 0 Å². The highest BCUT2D eigenvalue weighted by Gasteiger charge is 2.56. The van der Waals surface area contributed by atoms with Gasteiger partial charge in [0.25, 0.3) is 0 Å². The lowest BCUT2D eigenvalue weighted by Crippen LogP contribution is -2.66. The molecule has 0 atom stereocenters. The Balaban J connectivity index is 1.84. The minimum atomic E-state index is -0.961. The molecule has 2 saturated heterocycles. The van der Waals surface area contributed by atoms with Crippen LogP contribution in [0.1, 0.15) is 38.5 Å². The van der Waals surface area contributed by atoms with Gasteiger partial charge in [-0.15, -0.1) is 0 Å². The van der Waals surface area contributed by atoms with Crippen molar-refractivity contribution in [1.29, 1.82) is 0 Å². The van der Waals surface area contributed by atoms with Crippen molar-refractivity contribution in [1.82, 2.24) is 15.1 Å². The second-order valence-electron chi connectivity index (χ2n) is 6.26. The lowest BCUT2D eigenvalue weighted by atomic mass is 9.81. The highest BCUT2D eigenvalue weighted by Crippen LogP contribution is 2.42. The van der Waals surface area contributed by atoms with Gasteiger partial charge in [-0.05, 0) is 45.8 Å². The molecule has 1 N–H and O–H groups in total. The van der Waals surface area contributed by atoms with Crippen molar-refractivity contribution in [2.75, 3.05) is 20.1 Å². The SMILES string of the molecule is CN1CCC(N2C(=O)NC(=O)C3(CCCC3)C2=O)CC1. The van der Waals surface area contributed by atoms with Crippen molar-refractivity contribution in [3.63, 3.8) is 0 Å². The zero-order valence-corrected chi connectivity index (χ0v) is 11.9. The number of piperidine rings is 1. The summed E-state index contributed by atoms with van der Waals surface area (Å²) in [5, 5.41) is 2.41. The fraction of sp³-hybridized carbons (Fsp3) is 0.786. The Kier molecular flexibility index (Phi) is 3.28. The zero-order valence-electron chi connectivity index (χ0n) is 11.9. The van der Waals surface area contributed by atoms with Crippen LogP contribution >= 0.6 is 0 Å². The number of amides is 4. The summed E-state index contributed by atoms with van der Waals surface area (Å²) < 4.78 is 0. The summed E-state index contributed by atoms with van der Waals surface area (Å²) in [5.74, 6) is -0.632. The molecule has 20 heavy (non-hydrogen) atoms. The van der Waals surface area contributed by atoms with Crippen LogP contribution in [-0.2, 0) is 9.59 Å². The van der Waals surface area contributed by atoms with Gasteiger partial charge in [-0.25, -0.2) is 4.79 Å². The van der Waals surface area contributed by atoms with Crippen LogP contribution in [0.5, 0.6) is 0 Å². The van der Waals surface area contributed by atoms with Crippen LogP contribution in [0.25, 0.3) is 0 Å². The van der Waals surface area contributed by atoms with E-state index < -0.39 is 11.4 Å². The summed E-state index contributed by atoms with van der Waals surface area (Å²) in [6, 6.07) is -0.587. The number of nitrogens with one attached hydrogen (secondary N) is 1. The monoisotopic (exact) mass is 279 g/mol. The van der Waals surface area contributed by atoms with Gasteiger partial charge in [-0.1, -0.05) is 12.8 Å². The van der Waals surface area contributed by atoms with E-state index in [1.807, 2.05) is 7.05 Å². The first-order chi connectivity index (χ1) is 9.54. The smallest absolute Gasteiger partial charge is 0.306 e. The fourth-order valence-electron chi connectivity index (χ4n) is 3.70. The maximum atomic E-state index is 12.8. The van der Waals surface area contributed by atoms with E-state index >= 15 is 0 Å². The van der Waals surface area contributed by atoms with E-state index in [1.165, 1.54) is 4.90 Å². The van der Waals surface area contributed by atoms with E-state index in [0.29, 0.717) is 12.8 Å². The van der Waals surface area contributed by atoms with Gasteiger partial charge in [0.05, 0.1) is 0 Å². The molecule has 110 valence electrons. The summed E-state index contributed by atoms with van der Waals surface area (Å²) in [7, 11) is 2.04. The summed E-state index contributed by atoms with van der Waals surface area (Å²) >= 11 is 0. The maximum absolute atomic E-state index is 12.8. The number of hydrogen-bond acceptors (Lipinski definition) is 4. The Bertz CT molecular complexity index is 449. The fourth-order valence-corrected chi connectivity index (χ4v) is 3.70. The van der Waals surface area contributed by atoms with Crippen LogP contribution in [0.4, 0.5) is 4.79 Å². The molecule has 1 aliphatic carbocycles. The Labute approximate surface area is 118 Å². The van der Waals surface area contributed by atoms with E-state index in [0.717, 1.165) is 38.8 Å². The number of likely N-dealkylation sites (tertiary alicyclic amines) is 1. The molecule has 3 fully saturated rings. The standard InChI is InChI=1S/C14H21N3O3/c1-16-8-4-10(5-9-16)17-12(19)14(6-2-3-7-14)11(18)15-13(17)20/h10H,2-9H2,1H3,(H,15,18,20). The molecule has 3 rings (SSSR count). The predicted molar refractivity (Wildman–Crippen MR) is 71.8 cm³/mol. The summed E-state index contributed by atoms with van der Waals surface area (Å²) in [6.07, 6.45) is 4.51. The van der Waals surface area contributed by atoms with E-state index in [4.69, 9.17) is 0 Å². The third-order valence-corrected chi connectivity index (χ3v) is 5.01. The van der Waals surface area contributed by atoms with Gasteiger partial charge in [-0.2, -0.15) is 0 Å². The number of urea groups is 1. The number of carbonyl (C=O) groups excluding carboxylic acids is 3. The molecular formula is C14H21N3O3. The third-order valence-electron chi connectivity index (χ3n) is 5.01. The van der Waals surface area contributed by atoms with Crippen LogP contribution in [0, 0.1) is 5.41 Å². The molecule has 1 saturated carbocycles. The van der Waals surface area contributed by atoms with Crippen molar-refractivity contribution >= 4 is 17.8 Å². The first-order valence-corrected chi connectivity index (χ1v) is 7.42. The van der Waals surface area contributed by atoms with Gasteiger partial charge in [0.15, 0.2) is 0 Å². The number of rotatable bonds is 1. The van der Waals surface area contributed by atoms with E-state index in [-0.39, 0.29) is 17.9 Å². The van der Waals surface area contributed by atoms with Crippen LogP contribution < -0.4 is 5.32 Å². The Hall–Kier alpha value is -1.43. The molecule has 0 aromatic carbocycles.